The van der Waals surface area contributed by atoms with Gasteiger partial charge in [0.15, 0.2) is 5.13 Å². The van der Waals surface area contributed by atoms with Crippen LogP contribution < -0.4 is 10.1 Å². The molecule has 8 heteroatoms. The second-order valence-electron chi connectivity index (χ2n) is 5.38. The molecule has 0 bridgehead atoms. The molecule has 0 saturated carbocycles. The summed E-state index contributed by atoms with van der Waals surface area (Å²) in [6.07, 6.45) is 1.81. The van der Waals surface area contributed by atoms with Crippen molar-refractivity contribution < 1.29 is 9.53 Å². The van der Waals surface area contributed by atoms with Gasteiger partial charge in [0.25, 0.3) is 5.91 Å². The Bertz CT molecular complexity index is 1120. The van der Waals surface area contributed by atoms with E-state index in [0.29, 0.717) is 32.8 Å². The number of methoxy groups -OCH3 is 1. The van der Waals surface area contributed by atoms with Gasteiger partial charge in [-0.1, -0.05) is 29.0 Å². The lowest BCUT2D eigenvalue weighted by Crippen LogP contribution is -2.15. The number of anilines is 1. The van der Waals surface area contributed by atoms with Gasteiger partial charge >= 0.3 is 0 Å². The highest BCUT2D eigenvalue weighted by molar-refractivity contribution is 7.23. The molecule has 126 valence electrons. The molecule has 0 aliphatic carbocycles. The fourth-order valence-corrected chi connectivity index (χ4v) is 3.86. The van der Waals surface area contributed by atoms with Crippen molar-refractivity contribution in [3.8, 4) is 5.75 Å². The number of aryl methyl sites for hydroxylation is 1. The summed E-state index contributed by atoms with van der Waals surface area (Å²) in [7, 11) is 1.57. The van der Waals surface area contributed by atoms with E-state index in [4.69, 9.17) is 16.3 Å². The first-order valence-corrected chi connectivity index (χ1v) is 8.66. The lowest BCUT2D eigenvalue weighted by molar-refractivity contribution is 0.102. The first-order chi connectivity index (χ1) is 12.1. The van der Waals surface area contributed by atoms with E-state index in [9.17, 15) is 4.79 Å². The monoisotopic (exact) mass is 372 g/mol. The zero-order valence-electron chi connectivity index (χ0n) is 13.4. The molecule has 1 aromatic carbocycles. The molecular weight excluding hydrogens is 360 g/mol. The third-order valence-electron chi connectivity index (χ3n) is 3.82. The molecule has 1 N–H and O–H groups in total. The summed E-state index contributed by atoms with van der Waals surface area (Å²) in [6, 6.07) is 9.09. The molecular formula is C17H13ClN4O2S. The number of benzene rings is 1. The maximum atomic E-state index is 12.8. The van der Waals surface area contributed by atoms with Crippen LogP contribution in [0, 0.1) is 6.92 Å². The van der Waals surface area contributed by atoms with Crippen molar-refractivity contribution in [1.82, 2.24) is 14.4 Å². The van der Waals surface area contributed by atoms with Crippen molar-refractivity contribution in [1.29, 1.82) is 0 Å². The number of hydrogen-bond donors (Lipinski definition) is 1. The second-order valence-corrected chi connectivity index (χ2v) is 6.78. The minimum Gasteiger partial charge on any atom is -0.494 e. The first kappa shape index (κ1) is 15.9. The van der Waals surface area contributed by atoms with Crippen molar-refractivity contribution in [2.45, 2.75) is 6.92 Å². The molecule has 3 aromatic heterocycles. The first-order valence-electron chi connectivity index (χ1n) is 7.46. The zero-order chi connectivity index (χ0) is 17.6. The number of aromatic nitrogens is 3. The largest absolute Gasteiger partial charge is 0.494 e. The van der Waals surface area contributed by atoms with Crippen molar-refractivity contribution in [2.75, 3.05) is 12.4 Å². The van der Waals surface area contributed by atoms with Gasteiger partial charge in [-0.25, -0.2) is 9.97 Å². The normalized spacial score (nSPS) is 11.2. The number of nitrogens with zero attached hydrogens (tertiary/aromatic N) is 3. The zero-order valence-corrected chi connectivity index (χ0v) is 15.0. The van der Waals surface area contributed by atoms with Gasteiger partial charge in [-0.15, -0.1) is 0 Å². The van der Waals surface area contributed by atoms with E-state index >= 15 is 0 Å². The number of nitrogens with one attached hydrogen (secondary N) is 1. The Balaban J connectivity index is 1.74. The number of amides is 1. The number of hydrogen-bond acceptors (Lipinski definition) is 5. The Morgan fingerprint density at radius 1 is 1.28 bits per heavy atom. The molecule has 0 fully saturated rings. The molecule has 25 heavy (non-hydrogen) atoms. The van der Waals surface area contributed by atoms with Crippen LogP contribution in [0.2, 0.25) is 5.02 Å². The molecule has 0 saturated heterocycles. The van der Waals surface area contributed by atoms with Gasteiger partial charge in [0.1, 0.15) is 22.6 Å². The summed E-state index contributed by atoms with van der Waals surface area (Å²) in [5.41, 5.74) is 2.48. The quantitative estimate of drug-likeness (QED) is 0.586. The predicted molar refractivity (Wildman–Crippen MR) is 99.1 cm³/mol. The van der Waals surface area contributed by atoms with Crippen LogP contribution in [-0.4, -0.2) is 27.4 Å². The van der Waals surface area contributed by atoms with E-state index in [2.05, 4.69) is 15.3 Å². The smallest absolute Gasteiger partial charge is 0.276 e. The molecule has 3 heterocycles. The lowest BCUT2D eigenvalue weighted by Gasteiger charge is -2.02. The molecule has 1 amide bonds. The highest BCUT2D eigenvalue weighted by atomic mass is 35.5. The SMILES string of the molecule is COc1ccc(Cl)c2sc(NC(=O)c3c(C)nc4ccccn34)nc12. The number of thiazole rings is 1. The van der Waals surface area contributed by atoms with Crippen LogP contribution in [-0.2, 0) is 0 Å². The Morgan fingerprint density at radius 3 is 2.92 bits per heavy atom. The summed E-state index contributed by atoms with van der Waals surface area (Å²) >= 11 is 7.53. The fraction of sp³-hybridized carbons (Fsp3) is 0.118. The van der Waals surface area contributed by atoms with Gasteiger partial charge in [0, 0.05) is 6.20 Å². The maximum absolute atomic E-state index is 12.8. The van der Waals surface area contributed by atoms with Crippen LogP contribution >= 0.6 is 22.9 Å². The number of ether oxygens (including phenoxy) is 1. The van der Waals surface area contributed by atoms with Crippen LogP contribution in [0.4, 0.5) is 5.13 Å². The molecule has 0 unspecified atom stereocenters. The van der Waals surface area contributed by atoms with Gasteiger partial charge in [-0.3, -0.25) is 14.5 Å². The van der Waals surface area contributed by atoms with Crippen molar-refractivity contribution >= 4 is 49.8 Å². The van der Waals surface area contributed by atoms with E-state index < -0.39 is 0 Å². The van der Waals surface area contributed by atoms with Crippen LogP contribution in [0.5, 0.6) is 5.75 Å². The molecule has 0 radical (unpaired) electrons. The average molecular weight is 373 g/mol. The minimum absolute atomic E-state index is 0.273. The van der Waals surface area contributed by atoms with Gasteiger partial charge in [0.2, 0.25) is 0 Å². The van der Waals surface area contributed by atoms with Gasteiger partial charge in [0.05, 0.1) is 22.5 Å². The Morgan fingerprint density at radius 2 is 2.12 bits per heavy atom. The number of carbonyl (C=O) groups is 1. The topological polar surface area (TPSA) is 68.5 Å². The van der Waals surface area contributed by atoms with Gasteiger partial charge < -0.3 is 4.74 Å². The number of pyridine rings is 1. The number of halogens is 1. The highest BCUT2D eigenvalue weighted by Crippen LogP contribution is 2.37. The van der Waals surface area contributed by atoms with Gasteiger partial charge in [-0.2, -0.15) is 0 Å². The molecule has 0 atom stereocenters. The van der Waals surface area contributed by atoms with E-state index in [0.717, 1.165) is 10.3 Å². The molecule has 6 nitrogen and oxygen atoms in total. The summed E-state index contributed by atoms with van der Waals surface area (Å²) in [6.45, 7) is 1.81. The lowest BCUT2D eigenvalue weighted by atomic mass is 10.3. The Hall–Kier alpha value is -2.64. The van der Waals surface area contributed by atoms with E-state index in [1.54, 1.807) is 30.6 Å². The predicted octanol–water partition coefficient (Wildman–Crippen LogP) is 4.17. The number of fused-ring (bicyclic) bond motifs is 2. The highest BCUT2D eigenvalue weighted by Gasteiger charge is 2.19. The van der Waals surface area contributed by atoms with Crippen LogP contribution in [0.25, 0.3) is 15.9 Å². The summed E-state index contributed by atoms with van der Waals surface area (Å²) in [4.78, 5) is 21.6. The minimum atomic E-state index is -0.273. The van der Waals surface area contributed by atoms with E-state index in [1.165, 1.54) is 11.3 Å². The molecule has 0 spiro atoms. The van der Waals surface area contributed by atoms with Crippen LogP contribution in [0.3, 0.4) is 0 Å². The van der Waals surface area contributed by atoms with Crippen molar-refractivity contribution in [3.63, 3.8) is 0 Å². The van der Waals surface area contributed by atoms with E-state index in [-0.39, 0.29) is 5.91 Å². The third kappa shape index (κ3) is 2.61. The summed E-state index contributed by atoms with van der Waals surface area (Å²) in [5.74, 6) is 0.340. The second kappa shape index (κ2) is 6.02. The van der Waals surface area contributed by atoms with Crippen LogP contribution in [0.1, 0.15) is 16.2 Å². The number of carbonyl (C=O) groups excluding carboxylic acids is 1. The molecule has 4 aromatic rings. The van der Waals surface area contributed by atoms with Crippen LogP contribution in [0.15, 0.2) is 36.5 Å². The average Bonchev–Trinajstić information content (AvgIpc) is 3.15. The summed E-state index contributed by atoms with van der Waals surface area (Å²) < 4.78 is 7.83. The van der Waals surface area contributed by atoms with Gasteiger partial charge in [-0.05, 0) is 31.2 Å². The number of imidazole rings is 1. The van der Waals surface area contributed by atoms with Crippen molar-refractivity contribution in [2.24, 2.45) is 0 Å². The molecule has 4 rings (SSSR count). The fourth-order valence-electron chi connectivity index (χ4n) is 2.71. The third-order valence-corrected chi connectivity index (χ3v) is 5.25. The number of rotatable bonds is 3. The Labute approximate surface area is 152 Å². The standard InChI is InChI=1S/C17H13ClN4O2S/c1-9-14(22-8-4-3-5-12(22)19-9)16(23)21-17-20-13-11(24-2)7-6-10(18)15(13)25-17/h3-8H,1-2H3,(H,20,21,23). The Kier molecular flexibility index (Phi) is 3.82. The molecule has 0 aliphatic heterocycles. The summed E-state index contributed by atoms with van der Waals surface area (Å²) in [5, 5.41) is 3.86. The maximum Gasteiger partial charge on any atom is 0.276 e. The van der Waals surface area contributed by atoms with Crippen molar-refractivity contribution in [3.05, 3.63) is 52.9 Å². The van der Waals surface area contributed by atoms with E-state index in [1.807, 2.05) is 24.4 Å². The molecule has 0 aliphatic rings.